The Morgan fingerprint density at radius 3 is 2.67 bits per heavy atom. The van der Waals surface area contributed by atoms with Gasteiger partial charge in [0.15, 0.2) is 0 Å². The number of rotatable bonds is 7. The van der Waals surface area contributed by atoms with E-state index in [4.69, 9.17) is 4.52 Å². The molecule has 0 saturated heterocycles. The first-order valence-electron chi connectivity index (χ1n) is 8.78. The SMILES string of the molecule is Cc1ccc([C@H](C(=O)NCCc2nc(-c3cccnc3)no2)N(C)C)cc1. The number of amides is 1. The smallest absolute Gasteiger partial charge is 0.241 e. The zero-order valence-electron chi connectivity index (χ0n) is 15.7. The molecule has 140 valence electrons. The van der Waals surface area contributed by atoms with E-state index in [2.05, 4.69) is 20.4 Å². The van der Waals surface area contributed by atoms with Crippen molar-refractivity contribution in [2.24, 2.45) is 0 Å². The van der Waals surface area contributed by atoms with Crippen molar-refractivity contribution < 1.29 is 9.32 Å². The van der Waals surface area contributed by atoms with Crippen LogP contribution >= 0.6 is 0 Å². The average Bonchev–Trinajstić information content (AvgIpc) is 3.13. The van der Waals surface area contributed by atoms with Gasteiger partial charge in [-0.15, -0.1) is 0 Å². The van der Waals surface area contributed by atoms with Crippen molar-refractivity contribution in [2.75, 3.05) is 20.6 Å². The number of benzene rings is 1. The van der Waals surface area contributed by atoms with Crippen LogP contribution in [0.3, 0.4) is 0 Å². The molecule has 1 atom stereocenters. The molecule has 7 heteroatoms. The molecular formula is C20H23N5O2. The molecule has 0 aliphatic carbocycles. The number of aromatic nitrogens is 3. The number of carbonyl (C=O) groups is 1. The molecule has 3 aromatic rings. The predicted molar refractivity (Wildman–Crippen MR) is 102 cm³/mol. The molecule has 0 spiro atoms. The number of nitrogens with zero attached hydrogens (tertiary/aromatic N) is 4. The lowest BCUT2D eigenvalue weighted by atomic mass is 10.0. The van der Waals surface area contributed by atoms with E-state index in [1.54, 1.807) is 12.4 Å². The van der Waals surface area contributed by atoms with Crippen LogP contribution in [0.1, 0.15) is 23.1 Å². The van der Waals surface area contributed by atoms with Crippen LogP contribution in [0.15, 0.2) is 53.3 Å². The molecule has 2 aromatic heterocycles. The van der Waals surface area contributed by atoms with Gasteiger partial charge in [-0.1, -0.05) is 35.0 Å². The number of carbonyl (C=O) groups excluding carboxylic acids is 1. The van der Waals surface area contributed by atoms with Crippen LogP contribution in [0.2, 0.25) is 0 Å². The van der Waals surface area contributed by atoms with Crippen molar-refractivity contribution in [3.8, 4) is 11.4 Å². The summed E-state index contributed by atoms with van der Waals surface area (Å²) in [6, 6.07) is 11.3. The number of hydrogen-bond donors (Lipinski definition) is 1. The second-order valence-corrected chi connectivity index (χ2v) is 6.57. The molecule has 0 aliphatic rings. The van der Waals surface area contributed by atoms with Crippen LogP contribution in [0, 0.1) is 6.92 Å². The van der Waals surface area contributed by atoms with Crippen LogP contribution in [-0.4, -0.2) is 46.6 Å². The van der Waals surface area contributed by atoms with Gasteiger partial charge >= 0.3 is 0 Å². The number of pyridine rings is 1. The molecule has 0 radical (unpaired) electrons. The van der Waals surface area contributed by atoms with E-state index in [9.17, 15) is 4.79 Å². The largest absolute Gasteiger partial charge is 0.354 e. The summed E-state index contributed by atoms with van der Waals surface area (Å²) in [7, 11) is 3.78. The summed E-state index contributed by atoms with van der Waals surface area (Å²) in [6.45, 7) is 2.45. The van der Waals surface area contributed by atoms with E-state index in [1.807, 2.05) is 62.3 Å². The lowest BCUT2D eigenvalue weighted by Crippen LogP contribution is -2.37. The van der Waals surface area contributed by atoms with Crippen LogP contribution in [0.25, 0.3) is 11.4 Å². The fraction of sp³-hybridized carbons (Fsp3) is 0.300. The molecule has 0 fully saturated rings. The first-order chi connectivity index (χ1) is 13.0. The second kappa shape index (κ2) is 8.55. The first-order valence-corrected chi connectivity index (χ1v) is 8.78. The first kappa shape index (κ1) is 18.7. The number of hydrogen-bond acceptors (Lipinski definition) is 6. The topological polar surface area (TPSA) is 84.2 Å². The maximum absolute atomic E-state index is 12.7. The number of nitrogens with one attached hydrogen (secondary N) is 1. The normalized spacial score (nSPS) is 12.1. The molecule has 2 heterocycles. The van der Waals surface area contributed by atoms with Crippen LogP contribution in [0.4, 0.5) is 0 Å². The van der Waals surface area contributed by atoms with Crippen LogP contribution < -0.4 is 5.32 Å². The Kier molecular flexibility index (Phi) is 5.93. The fourth-order valence-corrected chi connectivity index (χ4v) is 2.79. The molecule has 1 N–H and O–H groups in total. The van der Waals surface area contributed by atoms with E-state index < -0.39 is 0 Å². The lowest BCUT2D eigenvalue weighted by Gasteiger charge is -2.23. The monoisotopic (exact) mass is 365 g/mol. The Balaban J connectivity index is 1.58. The zero-order chi connectivity index (χ0) is 19.2. The van der Waals surface area contributed by atoms with Gasteiger partial charge in [0.2, 0.25) is 17.6 Å². The quantitative estimate of drug-likeness (QED) is 0.692. The van der Waals surface area contributed by atoms with Gasteiger partial charge in [0, 0.05) is 30.9 Å². The van der Waals surface area contributed by atoms with Gasteiger partial charge in [0.05, 0.1) is 0 Å². The molecule has 3 rings (SSSR count). The van der Waals surface area contributed by atoms with Gasteiger partial charge in [-0.05, 0) is 38.7 Å². The molecule has 0 aliphatic heterocycles. The molecule has 0 unspecified atom stereocenters. The second-order valence-electron chi connectivity index (χ2n) is 6.57. The van der Waals surface area contributed by atoms with Gasteiger partial charge in [-0.2, -0.15) is 4.98 Å². The third kappa shape index (κ3) is 4.77. The summed E-state index contributed by atoms with van der Waals surface area (Å²) in [6.07, 6.45) is 3.84. The van der Waals surface area contributed by atoms with Gasteiger partial charge in [-0.25, -0.2) is 0 Å². The molecule has 7 nitrogen and oxygen atoms in total. The van der Waals surface area contributed by atoms with Crippen molar-refractivity contribution in [3.63, 3.8) is 0 Å². The van der Waals surface area contributed by atoms with Crippen molar-refractivity contribution >= 4 is 5.91 Å². The van der Waals surface area contributed by atoms with E-state index in [1.165, 1.54) is 0 Å². The minimum Gasteiger partial charge on any atom is -0.354 e. The Hall–Kier alpha value is -3.06. The maximum atomic E-state index is 12.7. The van der Waals surface area contributed by atoms with Gasteiger partial charge in [0.1, 0.15) is 6.04 Å². The highest BCUT2D eigenvalue weighted by Crippen LogP contribution is 2.19. The molecule has 0 saturated carbocycles. The van der Waals surface area contributed by atoms with Gasteiger partial charge in [0.25, 0.3) is 0 Å². The van der Waals surface area contributed by atoms with E-state index >= 15 is 0 Å². The lowest BCUT2D eigenvalue weighted by molar-refractivity contribution is -0.125. The minimum absolute atomic E-state index is 0.0594. The molecular weight excluding hydrogens is 342 g/mol. The third-order valence-corrected chi connectivity index (χ3v) is 4.18. The third-order valence-electron chi connectivity index (χ3n) is 4.18. The highest BCUT2D eigenvalue weighted by atomic mass is 16.5. The molecule has 27 heavy (non-hydrogen) atoms. The highest BCUT2D eigenvalue weighted by molar-refractivity contribution is 5.83. The number of aryl methyl sites for hydroxylation is 1. The van der Waals surface area contributed by atoms with E-state index in [0.29, 0.717) is 24.7 Å². The Morgan fingerprint density at radius 1 is 1.22 bits per heavy atom. The standard InChI is InChI=1S/C20H23N5O2/c1-14-6-8-15(9-7-14)18(25(2)3)20(26)22-12-10-17-23-19(24-27-17)16-5-4-11-21-13-16/h4-9,11,13,18H,10,12H2,1-3H3,(H,22,26)/t18-/m1/s1. The summed E-state index contributed by atoms with van der Waals surface area (Å²) < 4.78 is 5.26. The van der Waals surface area contributed by atoms with E-state index in [-0.39, 0.29) is 11.9 Å². The van der Waals surface area contributed by atoms with Gasteiger partial charge in [-0.3, -0.25) is 14.7 Å². The number of likely N-dealkylation sites (N-methyl/N-ethyl adjacent to an activating group) is 1. The van der Waals surface area contributed by atoms with Crippen molar-refractivity contribution in [1.82, 2.24) is 25.3 Å². The van der Waals surface area contributed by atoms with Crippen molar-refractivity contribution in [3.05, 3.63) is 65.8 Å². The Bertz CT molecular complexity index is 875. The van der Waals surface area contributed by atoms with Crippen LogP contribution in [0.5, 0.6) is 0 Å². The average molecular weight is 365 g/mol. The molecule has 1 amide bonds. The predicted octanol–water partition coefficient (Wildman–Crippen LogP) is 2.40. The van der Waals surface area contributed by atoms with Crippen LogP contribution in [-0.2, 0) is 11.2 Å². The van der Waals surface area contributed by atoms with Gasteiger partial charge < -0.3 is 9.84 Å². The maximum Gasteiger partial charge on any atom is 0.241 e. The summed E-state index contributed by atoms with van der Waals surface area (Å²) in [5, 5.41) is 6.91. The van der Waals surface area contributed by atoms with Crippen molar-refractivity contribution in [1.29, 1.82) is 0 Å². The van der Waals surface area contributed by atoms with E-state index in [0.717, 1.165) is 16.7 Å². The Labute approximate surface area is 158 Å². The summed E-state index contributed by atoms with van der Waals surface area (Å²) in [4.78, 5) is 22.9. The summed E-state index contributed by atoms with van der Waals surface area (Å²) >= 11 is 0. The Morgan fingerprint density at radius 2 is 2.00 bits per heavy atom. The zero-order valence-corrected chi connectivity index (χ0v) is 15.7. The molecule has 0 bridgehead atoms. The molecule has 1 aromatic carbocycles. The highest BCUT2D eigenvalue weighted by Gasteiger charge is 2.22. The summed E-state index contributed by atoms with van der Waals surface area (Å²) in [5.74, 6) is 0.914. The fourth-order valence-electron chi connectivity index (χ4n) is 2.79. The van der Waals surface area contributed by atoms with Crippen molar-refractivity contribution in [2.45, 2.75) is 19.4 Å². The minimum atomic E-state index is -0.348. The summed E-state index contributed by atoms with van der Waals surface area (Å²) in [5.41, 5.74) is 2.92.